The summed E-state index contributed by atoms with van der Waals surface area (Å²) >= 11 is 0. The largest absolute Gasteiger partial charge is 0.368 e. The smallest absolute Gasteiger partial charge is 0.154 e. The van der Waals surface area contributed by atoms with Crippen LogP contribution in [0.1, 0.15) is 174 Å². The summed E-state index contributed by atoms with van der Waals surface area (Å²) in [5.74, 6) is 0.574. The second-order valence-electron chi connectivity index (χ2n) is 11.0. The molecule has 2 atom stereocenters. The van der Waals surface area contributed by atoms with Gasteiger partial charge in [-0.25, -0.2) is 0 Å². The predicted molar refractivity (Wildman–Crippen MR) is 141 cm³/mol. The molecule has 0 spiro atoms. The Kier molecular flexibility index (Phi) is 22.5. The Morgan fingerprint density at radius 3 is 0.969 bits per heavy atom. The van der Waals surface area contributed by atoms with Crippen molar-refractivity contribution in [3.05, 3.63) is 0 Å². The standard InChI is InChI=1S/C30H60O2/c1-29-26-24-22-20-18-16-14-12-10-8-6-4-2-3-5-7-9-11-13-15-17-19-21-23-25-27-30(31)32-28-29/h29-31H,2-28H2,1H3. The maximum absolute atomic E-state index is 10.1. The lowest BCUT2D eigenvalue weighted by atomic mass is 10.0. The first kappa shape index (κ1) is 30.0. The van der Waals surface area contributed by atoms with E-state index in [1.54, 1.807) is 0 Å². The Labute approximate surface area is 202 Å². The van der Waals surface area contributed by atoms with Crippen LogP contribution in [0.25, 0.3) is 0 Å². The van der Waals surface area contributed by atoms with E-state index in [9.17, 15) is 5.11 Å². The predicted octanol–water partition coefficient (Wildman–Crippen LogP) is 10.1. The topological polar surface area (TPSA) is 29.5 Å². The van der Waals surface area contributed by atoms with Gasteiger partial charge in [-0.05, 0) is 25.2 Å². The molecular formula is C30H60O2. The van der Waals surface area contributed by atoms with Crippen LogP contribution in [0.3, 0.4) is 0 Å². The van der Waals surface area contributed by atoms with E-state index in [1.807, 2.05) is 0 Å². The molecule has 1 saturated heterocycles. The number of rotatable bonds is 0. The second kappa shape index (κ2) is 24.1. The number of hydrogen-bond acceptors (Lipinski definition) is 2. The molecule has 0 aromatic carbocycles. The molecule has 1 heterocycles. The van der Waals surface area contributed by atoms with Crippen molar-refractivity contribution in [1.82, 2.24) is 0 Å². The van der Waals surface area contributed by atoms with Crippen LogP contribution < -0.4 is 0 Å². The molecule has 0 amide bonds. The summed E-state index contributed by atoms with van der Waals surface area (Å²) in [6.07, 6.45) is 35.3. The molecule has 0 aliphatic carbocycles. The first-order valence-corrected chi connectivity index (χ1v) is 15.1. The third-order valence-electron chi connectivity index (χ3n) is 7.47. The molecule has 0 bridgehead atoms. The van der Waals surface area contributed by atoms with Crippen LogP contribution in [0.15, 0.2) is 0 Å². The zero-order valence-electron chi connectivity index (χ0n) is 22.1. The summed E-state index contributed by atoms with van der Waals surface area (Å²) in [6, 6.07) is 0. The van der Waals surface area contributed by atoms with Crippen LogP contribution in [-0.4, -0.2) is 18.0 Å². The van der Waals surface area contributed by atoms with Gasteiger partial charge in [-0.2, -0.15) is 0 Å². The highest BCUT2D eigenvalue weighted by atomic mass is 16.6. The van der Waals surface area contributed by atoms with Gasteiger partial charge < -0.3 is 9.84 Å². The Morgan fingerprint density at radius 2 is 0.656 bits per heavy atom. The summed E-state index contributed by atoms with van der Waals surface area (Å²) in [5, 5.41) is 10.1. The molecule has 1 N–H and O–H groups in total. The summed E-state index contributed by atoms with van der Waals surface area (Å²) in [6.45, 7) is 3.00. The minimum atomic E-state index is -0.544. The summed E-state index contributed by atoms with van der Waals surface area (Å²) < 4.78 is 5.71. The molecule has 32 heavy (non-hydrogen) atoms. The normalized spacial score (nSPS) is 27.9. The van der Waals surface area contributed by atoms with Crippen LogP contribution in [-0.2, 0) is 4.74 Å². The fourth-order valence-corrected chi connectivity index (χ4v) is 5.14. The van der Waals surface area contributed by atoms with Crippen molar-refractivity contribution in [3.63, 3.8) is 0 Å². The van der Waals surface area contributed by atoms with Gasteiger partial charge in [0.1, 0.15) is 0 Å². The van der Waals surface area contributed by atoms with Crippen LogP contribution in [0.2, 0.25) is 0 Å². The van der Waals surface area contributed by atoms with E-state index in [-0.39, 0.29) is 0 Å². The fourth-order valence-electron chi connectivity index (χ4n) is 5.14. The van der Waals surface area contributed by atoms with E-state index in [0.29, 0.717) is 5.92 Å². The van der Waals surface area contributed by atoms with Crippen molar-refractivity contribution < 1.29 is 9.84 Å². The van der Waals surface area contributed by atoms with Gasteiger partial charge in [0.2, 0.25) is 0 Å². The lowest BCUT2D eigenvalue weighted by Gasteiger charge is -2.16. The van der Waals surface area contributed by atoms with Crippen molar-refractivity contribution in [3.8, 4) is 0 Å². The van der Waals surface area contributed by atoms with Gasteiger partial charge in [0.15, 0.2) is 6.29 Å². The van der Waals surface area contributed by atoms with E-state index in [2.05, 4.69) is 6.92 Å². The summed E-state index contributed by atoms with van der Waals surface area (Å²) in [5.41, 5.74) is 0. The SMILES string of the molecule is CC1CCCCCCCCCCCCCCCCCCCCCCCCCCC(O)OC1. The minimum absolute atomic E-state index is 0.544. The molecule has 1 aliphatic heterocycles. The molecule has 192 valence electrons. The summed E-state index contributed by atoms with van der Waals surface area (Å²) in [7, 11) is 0. The number of hydrogen-bond donors (Lipinski definition) is 1. The Hall–Kier alpha value is -0.0800. The number of ether oxygens (including phenoxy) is 1. The number of aliphatic hydroxyl groups is 1. The van der Waals surface area contributed by atoms with Gasteiger partial charge in [-0.3, -0.25) is 0 Å². The molecule has 0 radical (unpaired) electrons. The molecule has 2 unspecified atom stereocenters. The molecule has 2 nitrogen and oxygen atoms in total. The lowest BCUT2D eigenvalue weighted by molar-refractivity contribution is -0.113. The lowest BCUT2D eigenvalue weighted by Crippen LogP contribution is -2.16. The molecule has 1 aliphatic rings. The van der Waals surface area contributed by atoms with Crippen molar-refractivity contribution in [2.45, 2.75) is 180 Å². The molecule has 0 saturated carbocycles. The fraction of sp³-hybridized carbons (Fsp3) is 1.00. The van der Waals surface area contributed by atoms with E-state index < -0.39 is 6.29 Å². The molecule has 1 fully saturated rings. The van der Waals surface area contributed by atoms with E-state index in [1.165, 1.54) is 154 Å². The third kappa shape index (κ3) is 21.7. The average molecular weight is 453 g/mol. The minimum Gasteiger partial charge on any atom is -0.368 e. The van der Waals surface area contributed by atoms with Crippen molar-refractivity contribution in [2.24, 2.45) is 5.92 Å². The second-order valence-corrected chi connectivity index (χ2v) is 11.0. The maximum atomic E-state index is 10.1. The monoisotopic (exact) mass is 452 g/mol. The first-order valence-electron chi connectivity index (χ1n) is 15.1. The van der Waals surface area contributed by atoms with Gasteiger partial charge in [-0.15, -0.1) is 0 Å². The quantitative estimate of drug-likeness (QED) is 0.396. The molecule has 1 rings (SSSR count). The highest BCUT2D eigenvalue weighted by Gasteiger charge is 2.08. The highest BCUT2D eigenvalue weighted by molar-refractivity contribution is 4.56. The molecule has 2 heteroatoms. The highest BCUT2D eigenvalue weighted by Crippen LogP contribution is 2.17. The zero-order chi connectivity index (χ0) is 23.0. The van der Waals surface area contributed by atoms with Gasteiger partial charge in [0, 0.05) is 0 Å². The van der Waals surface area contributed by atoms with Crippen LogP contribution in [0.5, 0.6) is 0 Å². The van der Waals surface area contributed by atoms with E-state index in [4.69, 9.17) is 4.74 Å². The molecule has 0 aromatic rings. The molecular weight excluding hydrogens is 392 g/mol. The average Bonchev–Trinajstić information content (AvgIpc) is 2.79. The van der Waals surface area contributed by atoms with E-state index in [0.717, 1.165) is 19.4 Å². The maximum Gasteiger partial charge on any atom is 0.154 e. The first-order chi connectivity index (χ1) is 15.8. The van der Waals surface area contributed by atoms with Gasteiger partial charge >= 0.3 is 0 Å². The van der Waals surface area contributed by atoms with Crippen molar-refractivity contribution in [1.29, 1.82) is 0 Å². The van der Waals surface area contributed by atoms with Crippen molar-refractivity contribution in [2.75, 3.05) is 6.61 Å². The van der Waals surface area contributed by atoms with Crippen molar-refractivity contribution >= 4 is 0 Å². The van der Waals surface area contributed by atoms with Gasteiger partial charge in [-0.1, -0.05) is 155 Å². The number of aliphatic hydroxyl groups excluding tert-OH is 1. The third-order valence-corrected chi connectivity index (χ3v) is 7.47. The Balaban J connectivity index is 2.12. The van der Waals surface area contributed by atoms with Gasteiger partial charge in [0.05, 0.1) is 6.61 Å². The molecule has 0 aromatic heterocycles. The zero-order valence-corrected chi connectivity index (χ0v) is 22.1. The Bertz CT molecular complexity index is 323. The summed E-state index contributed by atoms with van der Waals surface area (Å²) in [4.78, 5) is 0. The van der Waals surface area contributed by atoms with Gasteiger partial charge in [0.25, 0.3) is 0 Å². The van der Waals surface area contributed by atoms with Crippen LogP contribution in [0, 0.1) is 5.92 Å². The van der Waals surface area contributed by atoms with E-state index >= 15 is 0 Å². The van der Waals surface area contributed by atoms with Crippen LogP contribution in [0.4, 0.5) is 0 Å². The van der Waals surface area contributed by atoms with Crippen LogP contribution >= 0.6 is 0 Å². The Morgan fingerprint density at radius 1 is 0.406 bits per heavy atom.